The highest BCUT2D eigenvalue weighted by molar-refractivity contribution is 5.97. The molecular formula is C12H20N2O3. The maximum atomic E-state index is 12.2. The van der Waals surface area contributed by atoms with Crippen molar-refractivity contribution in [2.75, 3.05) is 13.7 Å². The van der Waals surface area contributed by atoms with Crippen molar-refractivity contribution >= 4 is 12.0 Å². The molecule has 0 aromatic heterocycles. The number of alkyl carbamates (subject to hydrolysis) is 1. The zero-order valence-electron chi connectivity index (χ0n) is 10.9. The van der Waals surface area contributed by atoms with Crippen LogP contribution in [0.3, 0.4) is 0 Å². The van der Waals surface area contributed by atoms with E-state index in [-0.39, 0.29) is 11.9 Å². The molecule has 0 aliphatic carbocycles. The summed E-state index contributed by atoms with van der Waals surface area (Å²) in [4.78, 5) is 25.2. The summed E-state index contributed by atoms with van der Waals surface area (Å²) in [7, 11) is 1.28. The van der Waals surface area contributed by atoms with Crippen molar-refractivity contribution < 1.29 is 14.3 Å². The molecule has 0 radical (unpaired) electrons. The lowest BCUT2D eigenvalue weighted by Gasteiger charge is -2.23. The first-order valence-electron chi connectivity index (χ1n) is 5.80. The normalized spacial score (nSPS) is 18.8. The van der Waals surface area contributed by atoms with Crippen molar-refractivity contribution in [3.8, 4) is 0 Å². The second kappa shape index (κ2) is 5.70. The van der Waals surface area contributed by atoms with Crippen LogP contribution >= 0.6 is 0 Å². The van der Waals surface area contributed by atoms with Crippen LogP contribution < -0.4 is 5.32 Å². The molecule has 1 unspecified atom stereocenters. The molecule has 5 heteroatoms. The molecule has 1 saturated heterocycles. The number of hydrogen-bond acceptors (Lipinski definition) is 3. The van der Waals surface area contributed by atoms with Gasteiger partial charge in [0.25, 0.3) is 5.91 Å². The lowest BCUT2D eigenvalue weighted by atomic mass is 10.2. The number of carbonyl (C=O) groups excluding carboxylic acids is 2. The van der Waals surface area contributed by atoms with Gasteiger partial charge in [-0.25, -0.2) is 4.79 Å². The topological polar surface area (TPSA) is 58.6 Å². The number of ether oxygens (including phenoxy) is 1. The second-order valence-electron chi connectivity index (χ2n) is 4.48. The maximum Gasteiger partial charge on any atom is 0.411 e. The first-order valence-corrected chi connectivity index (χ1v) is 5.80. The Morgan fingerprint density at radius 1 is 1.35 bits per heavy atom. The van der Waals surface area contributed by atoms with Crippen LogP contribution in [0.2, 0.25) is 0 Å². The molecule has 0 bridgehead atoms. The van der Waals surface area contributed by atoms with Crippen molar-refractivity contribution in [2.24, 2.45) is 0 Å². The van der Waals surface area contributed by atoms with Crippen LogP contribution in [0.15, 0.2) is 11.3 Å². The average molecular weight is 240 g/mol. The van der Waals surface area contributed by atoms with Gasteiger partial charge in [-0.2, -0.15) is 0 Å². The van der Waals surface area contributed by atoms with Crippen LogP contribution in [0.25, 0.3) is 0 Å². The zero-order valence-corrected chi connectivity index (χ0v) is 10.9. The van der Waals surface area contributed by atoms with Gasteiger partial charge >= 0.3 is 6.09 Å². The molecule has 96 valence electrons. The molecular weight excluding hydrogens is 220 g/mol. The Hall–Kier alpha value is -1.52. The van der Waals surface area contributed by atoms with Gasteiger partial charge in [0.2, 0.25) is 0 Å². The summed E-state index contributed by atoms with van der Waals surface area (Å²) in [5.74, 6) is -0.125. The van der Waals surface area contributed by atoms with E-state index >= 15 is 0 Å². The fourth-order valence-electron chi connectivity index (χ4n) is 1.92. The van der Waals surface area contributed by atoms with E-state index in [2.05, 4.69) is 10.1 Å². The highest BCUT2D eigenvalue weighted by Gasteiger charge is 2.28. The molecule has 1 N–H and O–H groups in total. The van der Waals surface area contributed by atoms with Crippen LogP contribution in [0.4, 0.5) is 4.79 Å². The quantitative estimate of drug-likeness (QED) is 0.747. The van der Waals surface area contributed by atoms with E-state index in [0.29, 0.717) is 5.70 Å². The molecule has 0 aromatic carbocycles. The van der Waals surface area contributed by atoms with Gasteiger partial charge in [-0.1, -0.05) is 0 Å². The average Bonchev–Trinajstić information content (AvgIpc) is 2.70. The van der Waals surface area contributed by atoms with Gasteiger partial charge in [-0.3, -0.25) is 10.1 Å². The Morgan fingerprint density at radius 3 is 2.41 bits per heavy atom. The Labute approximate surface area is 102 Å². The molecule has 1 atom stereocenters. The Morgan fingerprint density at radius 2 is 2.00 bits per heavy atom. The van der Waals surface area contributed by atoms with Gasteiger partial charge in [0.1, 0.15) is 5.70 Å². The third kappa shape index (κ3) is 3.22. The standard InChI is InChI=1S/C12H20N2O3/c1-8(2)10(13-12(16)17-4)11(15)14-7-5-6-9(14)3/h9H,5-7H2,1-4H3,(H,13,16). The number of methoxy groups -OCH3 is 1. The predicted octanol–water partition coefficient (Wildman–Crippen LogP) is 1.65. The number of allylic oxidation sites excluding steroid dienone is 1. The number of hydrogen-bond donors (Lipinski definition) is 1. The smallest absolute Gasteiger partial charge is 0.411 e. The summed E-state index contributed by atoms with van der Waals surface area (Å²) < 4.78 is 4.52. The molecule has 1 fully saturated rings. The molecule has 2 amide bonds. The monoisotopic (exact) mass is 240 g/mol. The minimum atomic E-state index is -0.610. The van der Waals surface area contributed by atoms with Gasteiger partial charge in [0, 0.05) is 12.6 Å². The fourth-order valence-corrected chi connectivity index (χ4v) is 1.92. The summed E-state index contributed by atoms with van der Waals surface area (Å²) in [6.07, 6.45) is 1.42. The van der Waals surface area contributed by atoms with E-state index in [1.807, 2.05) is 6.92 Å². The van der Waals surface area contributed by atoms with E-state index in [1.165, 1.54) is 7.11 Å². The highest BCUT2D eigenvalue weighted by Crippen LogP contribution is 2.19. The van der Waals surface area contributed by atoms with Crippen LogP contribution in [-0.4, -0.2) is 36.6 Å². The lowest BCUT2D eigenvalue weighted by molar-refractivity contribution is -0.128. The number of likely N-dealkylation sites (tertiary alicyclic amines) is 1. The Bertz CT molecular complexity index is 346. The minimum Gasteiger partial charge on any atom is -0.453 e. The van der Waals surface area contributed by atoms with Crippen molar-refractivity contribution in [1.29, 1.82) is 0 Å². The molecule has 1 heterocycles. The minimum absolute atomic E-state index is 0.125. The fraction of sp³-hybridized carbons (Fsp3) is 0.667. The van der Waals surface area contributed by atoms with Crippen molar-refractivity contribution in [1.82, 2.24) is 10.2 Å². The molecule has 5 nitrogen and oxygen atoms in total. The third-order valence-electron chi connectivity index (χ3n) is 2.94. The molecule has 1 aliphatic heterocycles. The molecule has 0 spiro atoms. The van der Waals surface area contributed by atoms with E-state index in [9.17, 15) is 9.59 Å². The molecule has 0 aromatic rings. The van der Waals surface area contributed by atoms with Gasteiger partial charge in [0.15, 0.2) is 0 Å². The van der Waals surface area contributed by atoms with Crippen LogP contribution in [0, 0.1) is 0 Å². The second-order valence-corrected chi connectivity index (χ2v) is 4.48. The first-order chi connectivity index (χ1) is 7.97. The van der Waals surface area contributed by atoms with Gasteiger partial charge in [0.05, 0.1) is 7.11 Å². The van der Waals surface area contributed by atoms with E-state index in [0.717, 1.165) is 25.0 Å². The lowest BCUT2D eigenvalue weighted by Crippen LogP contribution is -2.40. The third-order valence-corrected chi connectivity index (χ3v) is 2.94. The number of rotatable bonds is 2. The van der Waals surface area contributed by atoms with Crippen LogP contribution in [0.5, 0.6) is 0 Å². The zero-order chi connectivity index (χ0) is 13.0. The summed E-state index contributed by atoms with van der Waals surface area (Å²) in [6, 6.07) is 0.233. The number of amides is 2. The van der Waals surface area contributed by atoms with Crippen LogP contribution in [-0.2, 0) is 9.53 Å². The number of nitrogens with zero attached hydrogens (tertiary/aromatic N) is 1. The first kappa shape index (κ1) is 13.5. The summed E-state index contributed by atoms with van der Waals surface area (Å²) in [5, 5.41) is 2.49. The van der Waals surface area contributed by atoms with Gasteiger partial charge in [-0.15, -0.1) is 0 Å². The molecule has 1 rings (SSSR count). The van der Waals surface area contributed by atoms with Crippen molar-refractivity contribution in [3.05, 3.63) is 11.3 Å². The summed E-state index contributed by atoms with van der Waals surface area (Å²) >= 11 is 0. The largest absolute Gasteiger partial charge is 0.453 e. The van der Waals surface area contributed by atoms with E-state index < -0.39 is 6.09 Å². The number of carbonyl (C=O) groups is 2. The Balaban J connectivity index is 2.82. The van der Waals surface area contributed by atoms with Crippen molar-refractivity contribution in [2.45, 2.75) is 39.7 Å². The highest BCUT2D eigenvalue weighted by atomic mass is 16.5. The molecule has 17 heavy (non-hydrogen) atoms. The van der Waals surface area contributed by atoms with E-state index in [4.69, 9.17) is 0 Å². The van der Waals surface area contributed by atoms with E-state index in [1.54, 1.807) is 18.7 Å². The van der Waals surface area contributed by atoms with Gasteiger partial charge in [-0.05, 0) is 39.2 Å². The number of nitrogens with one attached hydrogen (secondary N) is 1. The SMILES string of the molecule is COC(=O)NC(C(=O)N1CCCC1C)=C(C)C. The summed E-state index contributed by atoms with van der Waals surface area (Å²) in [5.41, 5.74) is 1.10. The van der Waals surface area contributed by atoms with Crippen LogP contribution in [0.1, 0.15) is 33.6 Å². The summed E-state index contributed by atoms with van der Waals surface area (Å²) in [6.45, 7) is 6.36. The maximum absolute atomic E-state index is 12.2. The molecule has 0 saturated carbocycles. The van der Waals surface area contributed by atoms with Gasteiger partial charge < -0.3 is 9.64 Å². The van der Waals surface area contributed by atoms with Crippen molar-refractivity contribution in [3.63, 3.8) is 0 Å². The predicted molar refractivity (Wildman–Crippen MR) is 64.3 cm³/mol. The molecule has 1 aliphatic rings. The Kier molecular flexibility index (Phi) is 4.54.